The lowest BCUT2D eigenvalue weighted by molar-refractivity contribution is -0.132. The Hall–Kier alpha value is -1.47. The fourth-order valence-electron chi connectivity index (χ4n) is 2.62. The maximum Gasteiger partial charge on any atom is 0.240 e. The second-order valence-corrected chi connectivity index (χ2v) is 5.95. The summed E-state index contributed by atoms with van der Waals surface area (Å²) in [5.74, 6) is 0.786. The quantitative estimate of drug-likeness (QED) is 0.813. The molecular formula is C15H27N5O2. The Bertz CT molecular complexity index is 474. The van der Waals surface area contributed by atoms with E-state index < -0.39 is 0 Å². The molecule has 2 heterocycles. The average Bonchev–Trinajstić information content (AvgIpc) is 2.99. The van der Waals surface area contributed by atoms with Crippen LogP contribution in [0.25, 0.3) is 0 Å². The minimum Gasteiger partial charge on any atom is -0.378 e. The first-order valence-electron chi connectivity index (χ1n) is 8.11. The van der Waals surface area contributed by atoms with Crippen molar-refractivity contribution < 1.29 is 9.53 Å². The highest BCUT2D eigenvalue weighted by Crippen LogP contribution is 2.10. The monoisotopic (exact) mass is 309 g/mol. The molecule has 22 heavy (non-hydrogen) atoms. The van der Waals surface area contributed by atoms with Crippen molar-refractivity contribution in [1.82, 2.24) is 25.0 Å². The number of carbonyl (C=O) groups is 1. The van der Waals surface area contributed by atoms with Gasteiger partial charge in [-0.05, 0) is 26.8 Å². The number of morpholine rings is 1. The molecule has 0 aromatic carbocycles. The molecule has 0 bridgehead atoms. The molecular weight excluding hydrogens is 282 g/mol. The minimum atomic E-state index is -0.198. The Morgan fingerprint density at radius 1 is 1.55 bits per heavy atom. The lowest BCUT2D eigenvalue weighted by atomic mass is 10.2. The van der Waals surface area contributed by atoms with Gasteiger partial charge >= 0.3 is 0 Å². The van der Waals surface area contributed by atoms with E-state index in [1.165, 1.54) is 0 Å². The topological polar surface area (TPSA) is 72.3 Å². The molecule has 1 unspecified atom stereocenters. The van der Waals surface area contributed by atoms with Gasteiger partial charge in [0.15, 0.2) is 5.82 Å². The molecule has 1 saturated heterocycles. The van der Waals surface area contributed by atoms with Gasteiger partial charge in [-0.25, -0.2) is 0 Å². The standard InChI is InChI=1S/C15H27N5O2/c1-4-5-6-19-7-8-22-10-13(19)15(21)16-9-14-18-17-11-20(14)12(2)3/h11-13H,4-10H2,1-3H3,(H,16,21). The fraction of sp³-hybridized carbons (Fsp3) is 0.800. The van der Waals surface area contributed by atoms with Gasteiger partial charge in [-0.1, -0.05) is 13.3 Å². The molecule has 1 N–H and O–H groups in total. The van der Waals surface area contributed by atoms with Crippen molar-refractivity contribution in [3.8, 4) is 0 Å². The Balaban J connectivity index is 1.91. The van der Waals surface area contributed by atoms with E-state index in [0.29, 0.717) is 19.8 Å². The molecule has 0 aliphatic carbocycles. The summed E-state index contributed by atoms with van der Waals surface area (Å²) in [5, 5.41) is 11.0. The van der Waals surface area contributed by atoms with Crippen molar-refractivity contribution in [2.75, 3.05) is 26.3 Å². The third-order valence-corrected chi connectivity index (χ3v) is 3.97. The number of unbranched alkanes of at least 4 members (excludes halogenated alkanes) is 1. The van der Waals surface area contributed by atoms with Gasteiger partial charge in [-0.2, -0.15) is 0 Å². The summed E-state index contributed by atoms with van der Waals surface area (Å²) in [6.07, 6.45) is 3.93. The number of amides is 1. The lowest BCUT2D eigenvalue weighted by Crippen LogP contribution is -2.53. The van der Waals surface area contributed by atoms with Crippen LogP contribution in [-0.2, 0) is 16.1 Å². The lowest BCUT2D eigenvalue weighted by Gasteiger charge is -2.34. The molecule has 1 amide bonds. The van der Waals surface area contributed by atoms with Gasteiger partial charge in [-0.15, -0.1) is 10.2 Å². The molecule has 0 saturated carbocycles. The first-order valence-corrected chi connectivity index (χ1v) is 8.11. The summed E-state index contributed by atoms with van der Waals surface area (Å²) in [6, 6.07) is 0.0803. The van der Waals surface area contributed by atoms with Crippen LogP contribution in [0, 0.1) is 0 Å². The normalized spacial score (nSPS) is 19.5. The Kier molecular flexibility index (Phi) is 6.33. The number of hydrogen-bond donors (Lipinski definition) is 1. The SMILES string of the molecule is CCCCN1CCOCC1C(=O)NCc1nncn1C(C)C. The zero-order valence-electron chi connectivity index (χ0n) is 13.8. The van der Waals surface area contributed by atoms with Crippen LogP contribution in [0.2, 0.25) is 0 Å². The largest absolute Gasteiger partial charge is 0.378 e. The number of nitrogens with zero attached hydrogens (tertiary/aromatic N) is 4. The summed E-state index contributed by atoms with van der Waals surface area (Å²) >= 11 is 0. The van der Waals surface area contributed by atoms with Crippen LogP contribution in [0.15, 0.2) is 6.33 Å². The highest BCUT2D eigenvalue weighted by Gasteiger charge is 2.28. The van der Waals surface area contributed by atoms with Crippen molar-refractivity contribution >= 4 is 5.91 Å². The van der Waals surface area contributed by atoms with Gasteiger partial charge in [0, 0.05) is 12.6 Å². The maximum absolute atomic E-state index is 12.5. The number of carbonyl (C=O) groups excluding carboxylic acids is 1. The molecule has 1 aliphatic heterocycles. The average molecular weight is 309 g/mol. The van der Waals surface area contributed by atoms with E-state index in [-0.39, 0.29) is 18.0 Å². The Morgan fingerprint density at radius 3 is 3.09 bits per heavy atom. The molecule has 1 aromatic heterocycles. The first kappa shape index (κ1) is 16.9. The van der Waals surface area contributed by atoms with E-state index in [1.807, 2.05) is 4.57 Å². The molecule has 2 rings (SSSR count). The van der Waals surface area contributed by atoms with Gasteiger partial charge < -0.3 is 14.6 Å². The van der Waals surface area contributed by atoms with Crippen LogP contribution in [0.5, 0.6) is 0 Å². The summed E-state index contributed by atoms with van der Waals surface area (Å²) < 4.78 is 7.44. The van der Waals surface area contributed by atoms with Crippen LogP contribution >= 0.6 is 0 Å². The van der Waals surface area contributed by atoms with E-state index in [4.69, 9.17) is 4.74 Å². The fourth-order valence-corrected chi connectivity index (χ4v) is 2.62. The van der Waals surface area contributed by atoms with E-state index in [1.54, 1.807) is 6.33 Å². The summed E-state index contributed by atoms with van der Waals surface area (Å²) in [4.78, 5) is 14.7. The van der Waals surface area contributed by atoms with E-state index in [0.717, 1.165) is 31.8 Å². The predicted molar refractivity (Wildman–Crippen MR) is 83.3 cm³/mol. The molecule has 0 spiro atoms. The smallest absolute Gasteiger partial charge is 0.240 e. The molecule has 1 aliphatic rings. The maximum atomic E-state index is 12.5. The highest BCUT2D eigenvalue weighted by atomic mass is 16.5. The number of nitrogens with one attached hydrogen (secondary N) is 1. The van der Waals surface area contributed by atoms with E-state index >= 15 is 0 Å². The molecule has 1 aromatic rings. The first-order chi connectivity index (χ1) is 10.6. The van der Waals surface area contributed by atoms with E-state index in [2.05, 4.69) is 41.2 Å². The summed E-state index contributed by atoms with van der Waals surface area (Å²) in [5.41, 5.74) is 0. The van der Waals surface area contributed by atoms with Crippen LogP contribution < -0.4 is 5.32 Å². The van der Waals surface area contributed by atoms with Crippen LogP contribution in [0.3, 0.4) is 0 Å². The van der Waals surface area contributed by atoms with E-state index in [9.17, 15) is 4.79 Å². The van der Waals surface area contributed by atoms with Crippen LogP contribution in [-0.4, -0.2) is 57.9 Å². The minimum absolute atomic E-state index is 0.00843. The van der Waals surface area contributed by atoms with Gasteiger partial charge in [0.2, 0.25) is 5.91 Å². The third kappa shape index (κ3) is 4.27. The number of ether oxygens (including phenoxy) is 1. The van der Waals surface area contributed by atoms with Crippen molar-refractivity contribution in [1.29, 1.82) is 0 Å². The van der Waals surface area contributed by atoms with Gasteiger partial charge in [0.1, 0.15) is 12.4 Å². The molecule has 1 fully saturated rings. The second kappa shape index (κ2) is 8.24. The highest BCUT2D eigenvalue weighted by molar-refractivity contribution is 5.81. The van der Waals surface area contributed by atoms with Gasteiger partial charge in [-0.3, -0.25) is 9.69 Å². The van der Waals surface area contributed by atoms with Crippen molar-refractivity contribution in [2.24, 2.45) is 0 Å². The number of rotatable bonds is 7. The molecule has 1 atom stereocenters. The van der Waals surface area contributed by atoms with Crippen LogP contribution in [0.1, 0.15) is 45.5 Å². The summed E-state index contributed by atoms with van der Waals surface area (Å²) in [6.45, 7) is 9.62. The molecule has 124 valence electrons. The molecule has 0 radical (unpaired) electrons. The van der Waals surface area contributed by atoms with Crippen molar-refractivity contribution in [2.45, 2.75) is 52.2 Å². The zero-order chi connectivity index (χ0) is 15.9. The Morgan fingerprint density at radius 2 is 2.36 bits per heavy atom. The van der Waals surface area contributed by atoms with Crippen LogP contribution in [0.4, 0.5) is 0 Å². The zero-order valence-corrected chi connectivity index (χ0v) is 13.8. The third-order valence-electron chi connectivity index (χ3n) is 3.97. The second-order valence-electron chi connectivity index (χ2n) is 5.95. The van der Waals surface area contributed by atoms with Crippen molar-refractivity contribution in [3.63, 3.8) is 0 Å². The number of hydrogen-bond acceptors (Lipinski definition) is 5. The van der Waals surface area contributed by atoms with Gasteiger partial charge in [0.25, 0.3) is 0 Å². The van der Waals surface area contributed by atoms with Gasteiger partial charge in [0.05, 0.1) is 19.8 Å². The number of aromatic nitrogens is 3. The predicted octanol–water partition coefficient (Wildman–Crippen LogP) is 0.976. The molecule has 7 heteroatoms. The molecule has 7 nitrogen and oxygen atoms in total. The van der Waals surface area contributed by atoms with Crippen molar-refractivity contribution in [3.05, 3.63) is 12.2 Å². The summed E-state index contributed by atoms with van der Waals surface area (Å²) in [7, 11) is 0. The Labute approximate surface area is 132 Å².